The van der Waals surface area contributed by atoms with Crippen LogP contribution >= 0.6 is 0 Å². The summed E-state index contributed by atoms with van der Waals surface area (Å²) in [5.41, 5.74) is -2.07. The van der Waals surface area contributed by atoms with E-state index in [0.717, 1.165) is 9.13 Å². The van der Waals surface area contributed by atoms with Crippen molar-refractivity contribution in [2.45, 2.75) is 26.6 Å². The third-order valence-corrected chi connectivity index (χ3v) is 4.10. The van der Waals surface area contributed by atoms with Crippen LogP contribution in [0.25, 0.3) is 0 Å². The van der Waals surface area contributed by atoms with Gasteiger partial charge in [0, 0.05) is 12.6 Å². The molecule has 1 heterocycles. The predicted octanol–water partition coefficient (Wildman–Crippen LogP) is 0.149. The quantitative estimate of drug-likeness (QED) is 0.545. The van der Waals surface area contributed by atoms with Gasteiger partial charge in [-0.3, -0.25) is 9.59 Å². The SMILES string of the molecule is C=CCn1c(=O)n(CC=C)c(=O)n(CC(=O)Nc2cc(NC(C)=O)ccc2OC)c1=O. The van der Waals surface area contributed by atoms with E-state index in [1.807, 2.05) is 0 Å². The molecule has 31 heavy (non-hydrogen) atoms. The van der Waals surface area contributed by atoms with Gasteiger partial charge in [0.15, 0.2) is 0 Å². The highest BCUT2D eigenvalue weighted by Gasteiger charge is 2.17. The van der Waals surface area contributed by atoms with Crippen LogP contribution in [0.1, 0.15) is 6.92 Å². The number of nitrogens with one attached hydrogen (secondary N) is 2. The monoisotopic (exact) mass is 429 g/mol. The van der Waals surface area contributed by atoms with Gasteiger partial charge >= 0.3 is 17.1 Å². The maximum atomic E-state index is 12.6. The summed E-state index contributed by atoms with van der Waals surface area (Å²) in [6.07, 6.45) is 2.66. The Kier molecular flexibility index (Phi) is 7.50. The Hall–Kier alpha value is -4.15. The average molecular weight is 429 g/mol. The van der Waals surface area contributed by atoms with Crippen LogP contribution in [0.4, 0.5) is 11.4 Å². The number of ether oxygens (including phenoxy) is 1. The molecule has 1 aromatic heterocycles. The molecule has 2 amide bonds. The maximum Gasteiger partial charge on any atom is 0.337 e. The summed E-state index contributed by atoms with van der Waals surface area (Å²) in [6, 6.07) is 4.59. The second kappa shape index (κ2) is 10.1. The lowest BCUT2D eigenvalue weighted by Gasteiger charge is -2.14. The molecular formula is C20H23N5O6. The van der Waals surface area contributed by atoms with Crippen molar-refractivity contribution in [2.24, 2.45) is 0 Å². The Labute approximate surface area is 176 Å². The first-order valence-corrected chi connectivity index (χ1v) is 9.15. The van der Waals surface area contributed by atoms with Gasteiger partial charge in [0.1, 0.15) is 12.3 Å². The second-order valence-electron chi connectivity index (χ2n) is 6.38. The van der Waals surface area contributed by atoms with Gasteiger partial charge in [-0.15, -0.1) is 13.2 Å². The summed E-state index contributed by atoms with van der Waals surface area (Å²) < 4.78 is 7.43. The number of nitrogens with zero attached hydrogens (tertiary/aromatic N) is 3. The van der Waals surface area contributed by atoms with Gasteiger partial charge in [-0.05, 0) is 18.2 Å². The van der Waals surface area contributed by atoms with E-state index in [2.05, 4.69) is 23.8 Å². The lowest BCUT2D eigenvalue weighted by Crippen LogP contribution is -2.55. The molecule has 0 unspecified atom stereocenters. The molecule has 0 aliphatic rings. The normalized spacial score (nSPS) is 10.3. The van der Waals surface area contributed by atoms with Gasteiger partial charge in [0.2, 0.25) is 11.8 Å². The zero-order valence-electron chi connectivity index (χ0n) is 17.2. The maximum absolute atomic E-state index is 12.6. The molecule has 2 rings (SSSR count). The summed E-state index contributed by atoms with van der Waals surface area (Å²) in [6.45, 7) is 7.39. The first-order chi connectivity index (χ1) is 14.7. The van der Waals surface area contributed by atoms with Crippen molar-refractivity contribution in [3.8, 4) is 5.75 Å². The van der Waals surface area contributed by atoms with Crippen LogP contribution in [0.15, 0.2) is 57.9 Å². The second-order valence-corrected chi connectivity index (χ2v) is 6.38. The zero-order chi connectivity index (χ0) is 23.1. The molecule has 11 nitrogen and oxygen atoms in total. The lowest BCUT2D eigenvalue weighted by atomic mass is 10.2. The topological polar surface area (TPSA) is 133 Å². The van der Waals surface area contributed by atoms with Crippen molar-refractivity contribution < 1.29 is 14.3 Å². The minimum absolute atomic E-state index is 0.136. The molecule has 0 bridgehead atoms. The van der Waals surface area contributed by atoms with Crippen molar-refractivity contribution in [1.82, 2.24) is 13.7 Å². The number of carbonyl (C=O) groups excluding carboxylic acids is 2. The Bertz CT molecular complexity index is 1160. The highest BCUT2D eigenvalue weighted by atomic mass is 16.5. The van der Waals surface area contributed by atoms with Crippen LogP contribution in [-0.4, -0.2) is 32.6 Å². The number of methoxy groups -OCH3 is 1. The molecule has 0 saturated heterocycles. The Morgan fingerprint density at radius 3 is 2.00 bits per heavy atom. The van der Waals surface area contributed by atoms with E-state index in [1.165, 1.54) is 38.3 Å². The molecule has 0 fully saturated rings. The largest absolute Gasteiger partial charge is 0.495 e. The van der Waals surface area contributed by atoms with E-state index in [0.29, 0.717) is 16.0 Å². The molecule has 0 atom stereocenters. The number of allylic oxidation sites excluding steroid dienone is 2. The predicted molar refractivity (Wildman–Crippen MR) is 116 cm³/mol. The summed E-state index contributed by atoms with van der Waals surface area (Å²) in [5, 5.41) is 5.12. The summed E-state index contributed by atoms with van der Waals surface area (Å²) in [4.78, 5) is 61.5. The van der Waals surface area contributed by atoms with E-state index in [4.69, 9.17) is 4.74 Å². The third-order valence-electron chi connectivity index (χ3n) is 4.10. The fourth-order valence-corrected chi connectivity index (χ4v) is 2.81. The molecule has 2 aromatic rings. The molecule has 0 saturated carbocycles. The van der Waals surface area contributed by atoms with Crippen LogP contribution in [0, 0.1) is 0 Å². The number of hydrogen-bond acceptors (Lipinski definition) is 6. The van der Waals surface area contributed by atoms with Gasteiger partial charge in [-0.2, -0.15) is 0 Å². The molecule has 1 aromatic carbocycles. The van der Waals surface area contributed by atoms with Crippen LogP contribution in [-0.2, 0) is 29.2 Å². The average Bonchev–Trinajstić information content (AvgIpc) is 2.71. The zero-order valence-corrected chi connectivity index (χ0v) is 17.2. The number of anilines is 2. The number of carbonyl (C=O) groups is 2. The minimum Gasteiger partial charge on any atom is -0.495 e. The van der Waals surface area contributed by atoms with Crippen molar-refractivity contribution in [3.05, 3.63) is 75.0 Å². The number of aromatic nitrogens is 3. The van der Waals surface area contributed by atoms with Crippen molar-refractivity contribution in [3.63, 3.8) is 0 Å². The smallest absolute Gasteiger partial charge is 0.337 e. The van der Waals surface area contributed by atoms with E-state index >= 15 is 0 Å². The number of amides is 2. The first-order valence-electron chi connectivity index (χ1n) is 9.15. The van der Waals surface area contributed by atoms with Gasteiger partial charge in [0.25, 0.3) is 0 Å². The van der Waals surface area contributed by atoms with Gasteiger partial charge in [-0.25, -0.2) is 28.1 Å². The summed E-state index contributed by atoms with van der Waals surface area (Å²) in [5.74, 6) is -0.719. The minimum atomic E-state index is -0.940. The molecule has 2 N–H and O–H groups in total. The molecule has 164 valence electrons. The lowest BCUT2D eigenvalue weighted by molar-refractivity contribution is -0.117. The van der Waals surface area contributed by atoms with Crippen LogP contribution < -0.4 is 32.4 Å². The molecule has 0 aliphatic heterocycles. The number of hydrogen-bond donors (Lipinski definition) is 2. The number of rotatable bonds is 9. The van der Waals surface area contributed by atoms with E-state index < -0.39 is 29.5 Å². The van der Waals surface area contributed by atoms with E-state index in [9.17, 15) is 24.0 Å². The van der Waals surface area contributed by atoms with Crippen molar-refractivity contribution in [1.29, 1.82) is 0 Å². The van der Waals surface area contributed by atoms with E-state index in [1.54, 1.807) is 6.07 Å². The van der Waals surface area contributed by atoms with Gasteiger partial charge < -0.3 is 15.4 Å². The highest BCUT2D eigenvalue weighted by Crippen LogP contribution is 2.27. The van der Waals surface area contributed by atoms with Crippen LogP contribution in [0.5, 0.6) is 5.75 Å². The Morgan fingerprint density at radius 1 is 0.968 bits per heavy atom. The summed E-state index contributed by atoms with van der Waals surface area (Å²) in [7, 11) is 1.40. The van der Waals surface area contributed by atoms with Gasteiger partial charge in [0.05, 0.1) is 25.9 Å². The number of benzene rings is 1. The molecule has 11 heteroatoms. The molecule has 0 radical (unpaired) electrons. The highest BCUT2D eigenvalue weighted by molar-refractivity contribution is 5.94. The standard InChI is InChI=1S/C20H23N5O6/c1-5-9-23-18(28)24(10-6-2)20(30)25(19(23)29)12-17(27)22-15-11-14(21-13(3)26)7-8-16(15)31-4/h5-8,11H,1-2,9-10,12H2,3-4H3,(H,21,26)(H,22,27). The Morgan fingerprint density at radius 2 is 1.52 bits per heavy atom. The van der Waals surface area contributed by atoms with Crippen molar-refractivity contribution in [2.75, 3.05) is 17.7 Å². The van der Waals surface area contributed by atoms with E-state index in [-0.39, 0.29) is 24.7 Å². The fraction of sp³-hybridized carbons (Fsp3) is 0.250. The summed E-state index contributed by atoms with van der Waals surface area (Å²) >= 11 is 0. The fourth-order valence-electron chi connectivity index (χ4n) is 2.81. The molecular weight excluding hydrogens is 406 g/mol. The molecule has 0 spiro atoms. The van der Waals surface area contributed by atoms with Crippen LogP contribution in [0.3, 0.4) is 0 Å². The first kappa shape index (κ1) is 23.1. The van der Waals surface area contributed by atoms with Crippen LogP contribution in [0.2, 0.25) is 0 Å². The van der Waals surface area contributed by atoms with Crippen molar-refractivity contribution >= 4 is 23.2 Å². The van der Waals surface area contributed by atoms with Gasteiger partial charge in [-0.1, -0.05) is 12.2 Å². The Balaban J connectivity index is 2.44. The third kappa shape index (κ3) is 5.26. The molecule has 0 aliphatic carbocycles.